The summed E-state index contributed by atoms with van der Waals surface area (Å²) >= 11 is 0. The fourth-order valence-corrected chi connectivity index (χ4v) is 1.81. The minimum atomic E-state index is -0.838. The van der Waals surface area contributed by atoms with Gasteiger partial charge in [-0.25, -0.2) is 0 Å². The number of aliphatic carboxylic acids is 1. The van der Waals surface area contributed by atoms with Crippen molar-refractivity contribution in [2.45, 2.75) is 6.42 Å². The van der Waals surface area contributed by atoms with Crippen molar-refractivity contribution >= 4 is 18.0 Å². The quantitative estimate of drug-likeness (QED) is 0.800. The molecule has 1 aliphatic rings. The third-order valence-corrected chi connectivity index (χ3v) is 2.78. The van der Waals surface area contributed by atoms with Crippen LogP contribution in [0.1, 0.15) is 12.2 Å². The average Bonchev–Trinajstić information content (AvgIpc) is 2.96. The lowest BCUT2D eigenvalue weighted by Crippen LogP contribution is -2.28. The van der Waals surface area contributed by atoms with Crippen LogP contribution in [-0.4, -0.2) is 35.0 Å². The van der Waals surface area contributed by atoms with E-state index < -0.39 is 11.9 Å². The summed E-state index contributed by atoms with van der Waals surface area (Å²) in [6.07, 6.45) is 5.04. The molecule has 5 nitrogen and oxygen atoms in total. The Hall–Kier alpha value is -2.04. The topological polar surface area (TPSA) is 70.8 Å². The van der Waals surface area contributed by atoms with E-state index in [2.05, 4.69) is 0 Å². The summed E-state index contributed by atoms with van der Waals surface area (Å²) in [7, 11) is 0. The number of carbonyl (C=O) groups is 2. The lowest BCUT2D eigenvalue weighted by atomic mass is 10.1. The van der Waals surface area contributed by atoms with Crippen LogP contribution >= 0.6 is 0 Å². The van der Waals surface area contributed by atoms with Crippen LogP contribution in [-0.2, 0) is 9.59 Å². The average molecular weight is 235 g/mol. The molecule has 1 aliphatic heterocycles. The SMILES string of the molecule is O=C(O)C1CCN(C(=O)C=Cc2ccco2)C1. The first-order chi connectivity index (χ1) is 8.16. The van der Waals surface area contributed by atoms with Crippen molar-refractivity contribution in [1.82, 2.24) is 4.90 Å². The maximum absolute atomic E-state index is 11.7. The largest absolute Gasteiger partial charge is 0.481 e. The van der Waals surface area contributed by atoms with Crippen LogP contribution in [0.25, 0.3) is 6.08 Å². The number of amides is 1. The molecular formula is C12H13NO4. The molecule has 1 aromatic rings. The van der Waals surface area contributed by atoms with Gasteiger partial charge in [0.2, 0.25) is 5.91 Å². The molecular weight excluding hydrogens is 222 g/mol. The minimum absolute atomic E-state index is 0.176. The Balaban J connectivity index is 1.91. The van der Waals surface area contributed by atoms with Gasteiger partial charge in [0.1, 0.15) is 5.76 Å². The van der Waals surface area contributed by atoms with Gasteiger partial charge >= 0.3 is 5.97 Å². The first kappa shape index (κ1) is 11.4. The van der Waals surface area contributed by atoms with Gasteiger partial charge in [-0.1, -0.05) is 0 Å². The predicted octanol–water partition coefficient (Wildman–Crippen LogP) is 1.23. The van der Waals surface area contributed by atoms with Gasteiger partial charge in [-0.3, -0.25) is 9.59 Å². The van der Waals surface area contributed by atoms with E-state index in [1.54, 1.807) is 18.2 Å². The maximum atomic E-state index is 11.7. The normalized spacial score (nSPS) is 20.0. The van der Waals surface area contributed by atoms with E-state index in [0.29, 0.717) is 18.7 Å². The first-order valence-electron chi connectivity index (χ1n) is 5.40. The van der Waals surface area contributed by atoms with Crippen LogP contribution < -0.4 is 0 Å². The molecule has 90 valence electrons. The molecule has 1 saturated heterocycles. The Morgan fingerprint density at radius 3 is 2.94 bits per heavy atom. The van der Waals surface area contributed by atoms with Crippen molar-refractivity contribution in [3.05, 3.63) is 30.2 Å². The Morgan fingerprint density at radius 1 is 1.53 bits per heavy atom. The summed E-state index contributed by atoms with van der Waals surface area (Å²) < 4.78 is 5.05. The Morgan fingerprint density at radius 2 is 2.35 bits per heavy atom. The number of hydrogen-bond acceptors (Lipinski definition) is 3. The van der Waals surface area contributed by atoms with E-state index in [0.717, 1.165) is 0 Å². The number of carboxylic acid groups (broad SMARTS) is 1. The molecule has 0 radical (unpaired) electrons. The zero-order chi connectivity index (χ0) is 12.3. The van der Waals surface area contributed by atoms with Crippen LogP contribution in [0, 0.1) is 5.92 Å². The van der Waals surface area contributed by atoms with Crippen molar-refractivity contribution in [3.8, 4) is 0 Å². The second kappa shape index (κ2) is 4.86. The molecule has 0 spiro atoms. The molecule has 1 fully saturated rings. The molecule has 1 unspecified atom stereocenters. The van der Waals surface area contributed by atoms with Crippen LogP contribution in [0.15, 0.2) is 28.9 Å². The number of nitrogens with zero attached hydrogens (tertiary/aromatic N) is 1. The number of carboxylic acids is 1. The Labute approximate surface area is 98.3 Å². The minimum Gasteiger partial charge on any atom is -0.481 e. The van der Waals surface area contributed by atoms with Crippen molar-refractivity contribution in [2.24, 2.45) is 5.92 Å². The highest BCUT2D eigenvalue weighted by molar-refractivity contribution is 5.92. The number of rotatable bonds is 3. The van der Waals surface area contributed by atoms with E-state index in [1.165, 1.54) is 17.2 Å². The van der Waals surface area contributed by atoms with Crippen molar-refractivity contribution in [2.75, 3.05) is 13.1 Å². The van der Waals surface area contributed by atoms with E-state index in [1.807, 2.05) is 0 Å². The molecule has 2 heterocycles. The van der Waals surface area contributed by atoms with Gasteiger partial charge in [0.15, 0.2) is 0 Å². The summed E-state index contributed by atoms with van der Waals surface area (Å²) in [6, 6.07) is 3.48. The van der Waals surface area contributed by atoms with Crippen LogP contribution in [0.5, 0.6) is 0 Å². The van der Waals surface area contributed by atoms with Crippen LogP contribution in [0.2, 0.25) is 0 Å². The van der Waals surface area contributed by atoms with Crippen molar-refractivity contribution in [1.29, 1.82) is 0 Å². The van der Waals surface area contributed by atoms with E-state index >= 15 is 0 Å². The summed E-state index contributed by atoms with van der Waals surface area (Å²) in [5.41, 5.74) is 0. The third kappa shape index (κ3) is 2.75. The van der Waals surface area contributed by atoms with E-state index in [-0.39, 0.29) is 12.5 Å². The molecule has 0 aromatic carbocycles. The smallest absolute Gasteiger partial charge is 0.308 e. The third-order valence-electron chi connectivity index (χ3n) is 2.78. The highest BCUT2D eigenvalue weighted by Crippen LogP contribution is 2.16. The molecule has 0 bridgehead atoms. The van der Waals surface area contributed by atoms with Gasteiger partial charge in [-0.05, 0) is 24.6 Å². The monoisotopic (exact) mass is 235 g/mol. The van der Waals surface area contributed by atoms with Gasteiger partial charge in [0, 0.05) is 19.2 Å². The second-order valence-electron chi connectivity index (χ2n) is 3.96. The second-order valence-corrected chi connectivity index (χ2v) is 3.96. The van der Waals surface area contributed by atoms with Crippen molar-refractivity contribution < 1.29 is 19.1 Å². The maximum Gasteiger partial charge on any atom is 0.308 e. The van der Waals surface area contributed by atoms with Crippen LogP contribution in [0.4, 0.5) is 0 Å². The van der Waals surface area contributed by atoms with Gasteiger partial charge in [-0.2, -0.15) is 0 Å². The Kier molecular flexibility index (Phi) is 3.27. The van der Waals surface area contributed by atoms with Gasteiger partial charge in [-0.15, -0.1) is 0 Å². The number of likely N-dealkylation sites (tertiary alicyclic amines) is 1. The molecule has 0 saturated carbocycles. The molecule has 17 heavy (non-hydrogen) atoms. The number of carbonyl (C=O) groups excluding carboxylic acids is 1. The fourth-order valence-electron chi connectivity index (χ4n) is 1.81. The molecule has 0 aliphatic carbocycles. The van der Waals surface area contributed by atoms with Gasteiger partial charge < -0.3 is 14.4 Å². The standard InChI is InChI=1S/C12H13NO4/c14-11(4-3-10-2-1-7-17-10)13-6-5-9(8-13)12(15)16/h1-4,7,9H,5-6,8H2,(H,15,16). The highest BCUT2D eigenvalue weighted by Gasteiger charge is 2.29. The lowest BCUT2D eigenvalue weighted by molar-refractivity contribution is -0.141. The Bertz CT molecular complexity index is 435. The highest BCUT2D eigenvalue weighted by atomic mass is 16.4. The van der Waals surface area contributed by atoms with Gasteiger partial charge in [0.05, 0.1) is 12.2 Å². The fraction of sp³-hybridized carbons (Fsp3) is 0.333. The predicted molar refractivity (Wildman–Crippen MR) is 60.1 cm³/mol. The molecule has 5 heteroatoms. The number of furan rings is 1. The number of hydrogen-bond donors (Lipinski definition) is 1. The first-order valence-corrected chi connectivity index (χ1v) is 5.40. The summed E-state index contributed by atoms with van der Waals surface area (Å²) in [5, 5.41) is 8.82. The molecule has 1 N–H and O–H groups in total. The summed E-state index contributed by atoms with van der Waals surface area (Å²) in [5.74, 6) is -0.844. The zero-order valence-electron chi connectivity index (χ0n) is 9.20. The summed E-state index contributed by atoms with van der Waals surface area (Å²) in [4.78, 5) is 24.0. The lowest BCUT2D eigenvalue weighted by Gasteiger charge is -2.12. The van der Waals surface area contributed by atoms with Gasteiger partial charge in [0.25, 0.3) is 0 Å². The summed E-state index contributed by atoms with van der Waals surface area (Å²) in [6.45, 7) is 0.787. The molecule has 1 atom stereocenters. The van der Waals surface area contributed by atoms with E-state index in [4.69, 9.17) is 9.52 Å². The zero-order valence-corrected chi connectivity index (χ0v) is 9.20. The van der Waals surface area contributed by atoms with Crippen molar-refractivity contribution in [3.63, 3.8) is 0 Å². The van der Waals surface area contributed by atoms with E-state index in [9.17, 15) is 9.59 Å². The molecule has 2 rings (SSSR count). The molecule has 1 amide bonds. The molecule has 1 aromatic heterocycles. The van der Waals surface area contributed by atoms with Crippen LogP contribution in [0.3, 0.4) is 0 Å².